The molecule has 0 radical (unpaired) electrons. The standard InChI is InChI=1S/C12H16F2N2O2/c1-7(6-18-3)16(2)12(17)8-4-9(13)10(14)5-11(8)15/h4-5,7H,6,15H2,1-3H3. The predicted molar refractivity (Wildman–Crippen MR) is 64.2 cm³/mol. The van der Waals surface area contributed by atoms with Crippen LogP contribution in [0.2, 0.25) is 0 Å². The fourth-order valence-electron chi connectivity index (χ4n) is 1.49. The molecule has 18 heavy (non-hydrogen) atoms. The molecule has 1 unspecified atom stereocenters. The molecule has 0 fully saturated rings. The topological polar surface area (TPSA) is 55.6 Å². The molecule has 6 heteroatoms. The number of amides is 1. The molecule has 1 atom stereocenters. The van der Waals surface area contributed by atoms with Crippen LogP contribution in [0.3, 0.4) is 0 Å². The van der Waals surface area contributed by atoms with E-state index in [1.165, 1.54) is 12.0 Å². The van der Waals surface area contributed by atoms with Crippen LogP contribution in [0.5, 0.6) is 0 Å². The number of nitrogen functional groups attached to an aromatic ring is 1. The lowest BCUT2D eigenvalue weighted by Gasteiger charge is -2.24. The van der Waals surface area contributed by atoms with Crippen LogP contribution in [0.4, 0.5) is 14.5 Å². The van der Waals surface area contributed by atoms with E-state index in [0.717, 1.165) is 12.1 Å². The number of benzene rings is 1. The Kier molecular flexibility index (Phi) is 4.61. The van der Waals surface area contributed by atoms with Gasteiger partial charge in [0.1, 0.15) is 0 Å². The van der Waals surface area contributed by atoms with Crippen molar-refractivity contribution >= 4 is 11.6 Å². The lowest BCUT2D eigenvalue weighted by atomic mass is 10.1. The number of anilines is 1. The number of hydrogen-bond donors (Lipinski definition) is 1. The Hall–Kier alpha value is -1.69. The SMILES string of the molecule is COCC(C)N(C)C(=O)c1cc(F)c(F)cc1N. The van der Waals surface area contributed by atoms with Gasteiger partial charge >= 0.3 is 0 Å². The zero-order chi connectivity index (χ0) is 13.9. The van der Waals surface area contributed by atoms with Crippen LogP contribution >= 0.6 is 0 Å². The van der Waals surface area contributed by atoms with Gasteiger partial charge in [-0.1, -0.05) is 0 Å². The van der Waals surface area contributed by atoms with Crippen LogP contribution in [0.1, 0.15) is 17.3 Å². The van der Waals surface area contributed by atoms with Crippen molar-refractivity contribution < 1.29 is 18.3 Å². The average molecular weight is 258 g/mol. The monoisotopic (exact) mass is 258 g/mol. The van der Waals surface area contributed by atoms with Gasteiger partial charge in [0.25, 0.3) is 5.91 Å². The number of ether oxygens (including phenoxy) is 1. The van der Waals surface area contributed by atoms with E-state index in [-0.39, 0.29) is 17.3 Å². The van der Waals surface area contributed by atoms with Gasteiger partial charge in [0, 0.05) is 25.9 Å². The van der Waals surface area contributed by atoms with Gasteiger partial charge in [-0.05, 0) is 13.0 Å². The predicted octanol–water partition coefficient (Wildman–Crippen LogP) is 1.65. The summed E-state index contributed by atoms with van der Waals surface area (Å²) < 4.78 is 30.9. The molecule has 1 aromatic rings. The normalized spacial score (nSPS) is 12.3. The van der Waals surface area contributed by atoms with E-state index in [2.05, 4.69) is 0 Å². The zero-order valence-electron chi connectivity index (χ0n) is 10.5. The lowest BCUT2D eigenvalue weighted by molar-refractivity contribution is 0.0634. The van der Waals surface area contributed by atoms with Gasteiger partial charge in [0.15, 0.2) is 11.6 Å². The summed E-state index contributed by atoms with van der Waals surface area (Å²) in [5.41, 5.74) is 5.37. The highest BCUT2D eigenvalue weighted by atomic mass is 19.2. The van der Waals surface area contributed by atoms with Crippen molar-refractivity contribution in [1.82, 2.24) is 4.90 Å². The maximum Gasteiger partial charge on any atom is 0.256 e. The second-order valence-electron chi connectivity index (χ2n) is 4.07. The Morgan fingerprint density at radius 1 is 1.44 bits per heavy atom. The molecular weight excluding hydrogens is 242 g/mol. The van der Waals surface area contributed by atoms with Crippen LogP contribution in [0.15, 0.2) is 12.1 Å². The minimum atomic E-state index is -1.10. The summed E-state index contributed by atoms with van der Waals surface area (Å²) in [6.07, 6.45) is 0. The Morgan fingerprint density at radius 3 is 2.56 bits per heavy atom. The van der Waals surface area contributed by atoms with Gasteiger partial charge in [0.05, 0.1) is 18.2 Å². The van der Waals surface area contributed by atoms with Crippen LogP contribution in [0, 0.1) is 11.6 Å². The third kappa shape index (κ3) is 2.95. The minimum absolute atomic E-state index is 0.0562. The van der Waals surface area contributed by atoms with Crippen molar-refractivity contribution in [3.05, 3.63) is 29.3 Å². The van der Waals surface area contributed by atoms with E-state index >= 15 is 0 Å². The van der Waals surface area contributed by atoms with Crippen LogP contribution in [-0.2, 0) is 4.74 Å². The highest BCUT2D eigenvalue weighted by Crippen LogP contribution is 2.19. The van der Waals surface area contributed by atoms with Gasteiger partial charge < -0.3 is 15.4 Å². The maximum absolute atomic E-state index is 13.1. The molecule has 0 aliphatic heterocycles. The van der Waals surface area contributed by atoms with Crippen molar-refractivity contribution in [3.8, 4) is 0 Å². The number of methoxy groups -OCH3 is 1. The molecule has 0 saturated heterocycles. The first-order valence-corrected chi connectivity index (χ1v) is 5.39. The van der Waals surface area contributed by atoms with Crippen LogP contribution < -0.4 is 5.73 Å². The second-order valence-corrected chi connectivity index (χ2v) is 4.07. The summed E-state index contributed by atoms with van der Waals surface area (Å²) >= 11 is 0. The van der Waals surface area contributed by atoms with Gasteiger partial charge in [-0.2, -0.15) is 0 Å². The third-order valence-electron chi connectivity index (χ3n) is 2.71. The van der Waals surface area contributed by atoms with Crippen molar-refractivity contribution in [1.29, 1.82) is 0 Å². The zero-order valence-corrected chi connectivity index (χ0v) is 10.5. The Bertz CT molecular complexity index is 452. The number of hydrogen-bond acceptors (Lipinski definition) is 3. The largest absolute Gasteiger partial charge is 0.398 e. The van der Waals surface area contributed by atoms with Crippen molar-refractivity contribution in [3.63, 3.8) is 0 Å². The van der Waals surface area contributed by atoms with E-state index in [1.54, 1.807) is 14.0 Å². The Morgan fingerprint density at radius 2 is 2.00 bits per heavy atom. The first-order valence-electron chi connectivity index (χ1n) is 5.39. The molecule has 0 spiro atoms. The second kappa shape index (κ2) is 5.77. The molecule has 1 amide bonds. The van der Waals surface area contributed by atoms with E-state index < -0.39 is 17.5 Å². The van der Waals surface area contributed by atoms with Gasteiger partial charge in [-0.25, -0.2) is 8.78 Å². The molecule has 0 heterocycles. The minimum Gasteiger partial charge on any atom is -0.398 e. The number of nitrogens with two attached hydrogens (primary N) is 1. The number of likely N-dealkylation sites (N-methyl/N-ethyl adjacent to an activating group) is 1. The van der Waals surface area contributed by atoms with Crippen LogP contribution in [0.25, 0.3) is 0 Å². The summed E-state index contributed by atoms with van der Waals surface area (Å²) in [4.78, 5) is 13.4. The third-order valence-corrected chi connectivity index (χ3v) is 2.71. The fourth-order valence-corrected chi connectivity index (χ4v) is 1.49. The number of halogens is 2. The number of nitrogens with zero attached hydrogens (tertiary/aromatic N) is 1. The summed E-state index contributed by atoms with van der Waals surface area (Å²) in [6, 6.07) is 1.41. The Balaban J connectivity index is 3.00. The average Bonchev–Trinajstić information content (AvgIpc) is 2.32. The van der Waals surface area contributed by atoms with Crippen molar-refractivity contribution in [2.75, 3.05) is 26.5 Å². The van der Waals surface area contributed by atoms with E-state index in [4.69, 9.17) is 10.5 Å². The van der Waals surface area contributed by atoms with Crippen molar-refractivity contribution in [2.45, 2.75) is 13.0 Å². The summed E-state index contributed by atoms with van der Waals surface area (Å²) in [6.45, 7) is 2.11. The molecular formula is C12H16F2N2O2. The molecule has 4 nitrogen and oxygen atoms in total. The number of carbonyl (C=O) groups is 1. The molecule has 100 valence electrons. The highest BCUT2D eigenvalue weighted by Gasteiger charge is 2.21. The van der Waals surface area contributed by atoms with E-state index in [0.29, 0.717) is 6.61 Å². The molecule has 2 N–H and O–H groups in total. The summed E-state index contributed by atoms with van der Waals surface area (Å²) in [5.74, 6) is -2.65. The van der Waals surface area contributed by atoms with Crippen molar-refractivity contribution in [2.24, 2.45) is 0 Å². The summed E-state index contributed by atoms with van der Waals surface area (Å²) in [7, 11) is 3.06. The smallest absolute Gasteiger partial charge is 0.256 e. The molecule has 0 bridgehead atoms. The van der Waals surface area contributed by atoms with Gasteiger partial charge in [-0.3, -0.25) is 4.79 Å². The maximum atomic E-state index is 13.1. The quantitative estimate of drug-likeness (QED) is 0.835. The number of carbonyl (C=O) groups excluding carboxylic acids is 1. The highest BCUT2D eigenvalue weighted by molar-refractivity contribution is 5.99. The summed E-state index contributed by atoms with van der Waals surface area (Å²) in [5, 5.41) is 0. The van der Waals surface area contributed by atoms with Gasteiger partial charge in [0.2, 0.25) is 0 Å². The molecule has 0 saturated carbocycles. The lowest BCUT2D eigenvalue weighted by Crippen LogP contribution is -2.38. The molecule has 0 aliphatic rings. The molecule has 0 aromatic heterocycles. The molecule has 1 rings (SSSR count). The first kappa shape index (κ1) is 14.4. The van der Waals surface area contributed by atoms with Crippen LogP contribution in [-0.4, -0.2) is 37.6 Å². The van der Waals surface area contributed by atoms with Gasteiger partial charge in [-0.15, -0.1) is 0 Å². The first-order chi connectivity index (χ1) is 8.38. The molecule has 0 aliphatic carbocycles. The number of rotatable bonds is 4. The fraction of sp³-hybridized carbons (Fsp3) is 0.417. The Labute approximate surface area is 104 Å². The molecule has 1 aromatic carbocycles. The van der Waals surface area contributed by atoms with E-state index in [9.17, 15) is 13.6 Å². The van der Waals surface area contributed by atoms with E-state index in [1.807, 2.05) is 0 Å².